The maximum Gasteiger partial charge on any atom is 0.313 e. The number of pyridine rings is 1. The molecule has 15 heavy (non-hydrogen) atoms. The number of nitrogens with zero attached hydrogens (tertiary/aromatic N) is 1. The maximum absolute atomic E-state index is 10.4. The Kier molecular flexibility index (Phi) is 4.42. The van der Waals surface area contributed by atoms with Gasteiger partial charge in [-0.15, -0.1) is 0 Å². The van der Waals surface area contributed by atoms with Crippen LogP contribution in [0.5, 0.6) is 5.75 Å². The molecular weight excluding hydrogens is 214 g/mol. The molecule has 0 amide bonds. The number of hydrogen-bond donors (Lipinski definition) is 1. The highest BCUT2D eigenvalue weighted by atomic mass is 32.2. The highest BCUT2D eigenvalue weighted by Crippen LogP contribution is 2.27. The lowest BCUT2D eigenvalue weighted by atomic mass is 10.4. The summed E-state index contributed by atoms with van der Waals surface area (Å²) in [7, 11) is 0. The first kappa shape index (κ1) is 11.8. The van der Waals surface area contributed by atoms with Crippen molar-refractivity contribution in [2.24, 2.45) is 0 Å². The molecule has 0 saturated carbocycles. The van der Waals surface area contributed by atoms with Crippen molar-refractivity contribution >= 4 is 17.7 Å². The largest absolute Gasteiger partial charge is 0.488 e. The summed E-state index contributed by atoms with van der Waals surface area (Å²) in [5.74, 6) is -0.231. The molecular formula is C10H13NO3S. The molecule has 1 aromatic rings. The van der Waals surface area contributed by atoms with E-state index in [1.165, 1.54) is 0 Å². The van der Waals surface area contributed by atoms with Gasteiger partial charge in [-0.05, 0) is 26.0 Å². The summed E-state index contributed by atoms with van der Waals surface area (Å²) in [4.78, 5) is 14.5. The summed E-state index contributed by atoms with van der Waals surface area (Å²) < 4.78 is 5.50. The highest BCUT2D eigenvalue weighted by Gasteiger charge is 2.08. The Balaban J connectivity index is 2.72. The first-order valence-corrected chi connectivity index (χ1v) is 5.54. The molecule has 0 fully saturated rings. The van der Waals surface area contributed by atoms with Crippen LogP contribution in [0.3, 0.4) is 0 Å². The van der Waals surface area contributed by atoms with Crippen LogP contribution >= 0.6 is 11.8 Å². The molecule has 0 aliphatic carbocycles. The Morgan fingerprint density at radius 3 is 3.00 bits per heavy atom. The predicted octanol–water partition coefficient (Wildman–Crippen LogP) is 2.05. The molecule has 82 valence electrons. The van der Waals surface area contributed by atoms with Gasteiger partial charge in [0.05, 0.1) is 11.9 Å². The molecule has 0 aromatic carbocycles. The lowest BCUT2D eigenvalue weighted by Crippen LogP contribution is -2.07. The van der Waals surface area contributed by atoms with E-state index >= 15 is 0 Å². The van der Waals surface area contributed by atoms with Crippen molar-refractivity contribution in [1.82, 2.24) is 4.98 Å². The van der Waals surface area contributed by atoms with E-state index in [0.717, 1.165) is 11.8 Å². The molecule has 0 atom stereocenters. The van der Waals surface area contributed by atoms with Crippen LogP contribution in [-0.2, 0) is 4.79 Å². The molecule has 0 aliphatic rings. The van der Waals surface area contributed by atoms with E-state index in [-0.39, 0.29) is 11.9 Å². The van der Waals surface area contributed by atoms with E-state index in [0.29, 0.717) is 10.8 Å². The van der Waals surface area contributed by atoms with Crippen LogP contribution in [0.1, 0.15) is 13.8 Å². The molecule has 1 N–H and O–H groups in total. The summed E-state index contributed by atoms with van der Waals surface area (Å²) in [6.07, 6.45) is 1.68. The quantitative estimate of drug-likeness (QED) is 0.780. The number of aliphatic carboxylic acids is 1. The van der Waals surface area contributed by atoms with Crippen molar-refractivity contribution in [2.75, 3.05) is 5.75 Å². The predicted molar refractivity (Wildman–Crippen MR) is 58.4 cm³/mol. The van der Waals surface area contributed by atoms with Gasteiger partial charge in [0.25, 0.3) is 0 Å². The molecule has 0 spiro atoms. The van der Waals surface area contributed by atoms with Crippen LogP contribution in [0.2, 0.25) is 0 Å². The Bertz CT molecular complexity index is 341. The number of thioether (sulfide) groups is 1. The van der Waals surface area contributed by atoms with Crippen molar-refractivity contribution in [3.8, 4) is 5.75 Å². The minimum absolute atomic E-state index is 0.00846. The fourth-order valence-corrected chi connectivity index (χ4v) is 1.61. The summed E-state index contributed by atoms with van der Waals surface area (Å²) in [5.41, 5.74) is 0. The Hall–Kier alpha value is -1.23. The third kappa shape index (κ3) is 4.20. The molecule has 0 aliphatic heterocycles. The van der Waals surface area contributed by atoms with Gasteiger partial charge in [-0.1, -0.05) is 11.8 Å². The number of carboxylic acids is 1. The smallest absolute Gasteiger partial charge is 0.313 e. The third-order valence-corrected chi connectivity index (χ3v) is 2.40. The van der Waals surface area contributed by atoms with Crippen molar-refractivity contribution in [2.45, 2.75) is 25.0 Å². The van der Waals surface area contributed by atoms with Crippen LogP contribution in [0, 0.1) is 0 Å². The van der Waals surface area contributed by atoms with Gasteiger partial charge >= 0.3 is 5.97 Å². The molecule has 5 heteroatoms. The number of rotatable bonds is 5. The van der Waals surface area contributed by atoms with Gasteiger partial charge in [0.1, 0.15) is 5.03 Å². The second-order valence-corrected chi connectivity index (χ2v) is 4.12. The zero-order chi connectivity index (χ0) is 11.3. The molecule has 4 nitrogen and oxygen atoms in total. The van der Waals surface area contributed by atoms with Crippen LogP contribution in [0.25, 0.3) is 0 Å². The average molecular weight is 227 g/mol. The molecule has 0 unspecified atom stereocenters. The van der Waals surface area contributed by atoms with E-state index in [4.69, 9.17) is 9.84 Å². The molecule has 1 rings (SSSR count). The third-order valence-electron chi connectivity index (χ3n) is 1.43. The zero-order valence-electron chi connectivity index (χ0n) is 8.64. The summed E-state index contributed by atoms with van der Waals surface area (Å²) in [6.45, 7) is 3.83. The van der Waals surface area contributed by atoms with E-state index in [1.54, 1.807) is 18.3 Å². The van der Waals surface area contributed by atoms with Gasteiger partial charge < -0.3 is 9.84 Å². The van der Waals surface area contributed by atoms with Crippen LogP contribution in [0.4, 0.5) is 0 Å². The fourth-order valence-electron chi connectivity index (χ4n) is 0.958. The highest BCUT2D eigenvalue weighted by molar-refractivity contribution is 8.00. The average Bonchev–Trinajstić information content (AvgIpc) is 2.15. The molecule has 0 saturated heterocycles. The first-order chi connectivity index (χ1) is 7.09. The van der Waals surface area contributed by atoms with E-state index in [1.807, 2.05) is 13.8 Å². The first-order valence-electron chi connectivity index (χ1n) is 4.56. The lowest BCUT2D eigenvalue weighted by molar-refractivity contribution is -0.133. The summed E-state index contributed by atoms with van der Waals surface area (Å²) >= 11 is 1.16. The monoisotopic (exact) mass is 227 g/mol. The van der Waals surface area contributed by atoms with Gasteiger partial charge in [-0.2, -0.15) is 0 Å². The fraction of sp³-hybridized carbons (Fsp3) is 0.400. The van der Waals surface area contributed by atoms with Crippen molar-refractivity contribution in [1.29, 1.82) is 0 Å². The van der Waals surface area contributed by atoms with E-state index in [2.05, 4.69) is 4.98 Å². The van der Waals surface area contributed by atoms with Gasteiger partial charge in [-0.3, -0.25) is 4.79 Å². The van der Waals surface area contributed by atoms with Crippen molar-refractivity contribution < 1.29 is 14.6 Å². The number of carbonyl (C=O) groups is 1. The minimum atomic E-state index is -0.860. The Morgan fingerprint density at radius 2 is 2.40 bits per heavy atom. The Morgan fingerprint density at radius 1 is 1.67 bits per heavy atom. The zero-order valence-corrected chi connectivity index (χ0v) is 9.45. The lowest BCUT2D eigenvalue weighted by Gasteiger charge is -2.11. The topological polar surface area (TPSA) is 59.4 Å². The van der Waals surface area contributed by atoms with E-state index < -0.39 is 5.97 Å². The van der Waals surface area contributed by atoms with Crippen LogP contribution < -0.4 is 4.74 Å². The molecule has 1 aromatic heterocycles. The summed E-state index contributed by atoms with van der Waals surface area (Å²) in [6, 6.07) is 3.56. The molecule has 0 bridgehead atoms. The molecule has 0 radical (unpaired) electrons. The van der Waals surface area contributed by atoms with Crippen molar-refractivity contribution in [3.63, 3.8) is 0 Å². The number of aromatic nitrogens is 1. The second-order valence-electron chi connectivity index (χ2n) is 3.16. The standard InChI is InChI=1S/C10H13NO3S/c1-7(2)14-8-4-3-5-11-10(8)15-6-9(12)13/h3-5,7H,6H2,1-2H3,(H,12,13). The maximum atomic E-state index is 10.4. The van der Waals surface area contributed by atoms with Gasteiger partial charge in [0.2, 0.25) is 0 Å². The normalized spacial score (nSPS) is 10.3. The SMILES string of the molecule is CC(C)Oc1cccnc1SCC(=O)O. The van der Waals surface area contributed by atoms with E-state index in [9.17, 15) is 4.79 Å². The second kappa shape index (κ2) is 5.60. The van der Waals surface area contributed by atoms with Crippen LogP contribution in [-0.4, -0.2) is 27.9 Å². The number of hydrogen-bond acceptors (Lipinski definition) is 4. The number of ether oxygens (including phenoxy) is 1. The van der Waals surface area contributed by atoms with Crippen molar-refractivity contribution in [3.05, 3.63) is 18.3 Å². The minimum Gasteiger partial charge on any atom is -0.488 e. The molecule has 1 heterocycles. The van der Waals surface area contributed by atoms with Gasteiger partial charge in [0.15, 0.2) is 5.75 Å². The summed E-state index contributed by atoms with van der Waals surface area (Å²) in [5, 5.41) is 9.18. The van der Waals surface area contributed by atoms with Gasteiger partial charge in [0, 0.05) is 6.20 Å². The Labute approximate surface area is 92.7 Å². The van der Waals surface area contributed by atoms with Crippen LogP contribution in [0.15, 0.2) is 23.4 Å². The number of carboxylic acid groups (broad SMARTS) is 1. The van der Waals surface area contributed by atoms with Gasteiger partial charge in [-0.25, -0.2) is 4.98 Å².